The first kappa shape index (κ1) is 16.1. The Bertz CT molecular complexity index is 725. The maximum Gasteiger partial charge on any atom is 0.263 e. The van der Waals surface area contributed by atoms with Crippen molar-refractivity contribution in [3.05, 3.63) is 40.7 Å². The van der Waals surface area contributed by atoms with Crippen molar-refractivity contribution in [3.63, 3.8) is 0 Å². The standard InChI is InChI=1S/C17H19FN2O2S/c1-10-14(15(22)20-17(2,9-21)12-5-6-12)23-16(19-10)11-3-7-13(18)8-4-11/h3-4,7-8,12,21H,5-6,9H2,1-2H3,(H,20,22). The summed E-state index contributed by atoms with van der Waals surface area (Å²) in [5.74, 6) is -0.179. The van der Waals surface area contributed by atoms with Crippen molar-refractivity contribution in [3.8, 4) is 10.6 Å². The van der Waals surface area contributed by atoms with Crippen LogP contribution in [0.4, 0.5) is 4.39 Å². The summed E-state index contributed by atoms with van der Waals surface area (Å²) >= 11 is 1.28. The van der Waals surface area contributed by atoms with E-state index in [2.05, 4.69) is 10.3 Å². The summed E-state index contributed by atoms with van der Waals surface area (Å²) in [7, 11) is 0. The Morgan fingerprint density at radius 1 is 1.43 bits per heavy atom. The van der Waals surface area contributed by atoms with Crippen molar-refractivity contribution >= 4 is 17.2 Å². The number of halogens is 1. The minimum atomic E-state index is -0.580. The zero-order valence-corrected chi connectivity index (χ0v) is 13.9. The van der Waals surface area contributed by atoms with Gasteiger partial charge in [-0.05, 0) is 56.9 Å². The minimum Gasteiger partial charge on any atom is -0.394 e. The summed E-state index contributed by atoms with van der Waals surface area (Å²) < 4.78 is 13.0. The average molecular weight is 334 g/mol. The molecule has 2 N–H and O–H groups in total. The first-order valence-corrected chi connectivity index (χ1v) is 8.41. The number of aliphatic hydroxyl groups excluding tert-OH is 1. The summed E-state index contributed by atoms with van der Waals surface area (Å²) in [6.07, 6.45) is 2.06. The predicted octanol–water partition coefficient (Wildman–Crippen LogP) is 3.15. The molecule has 1 aliphatic carbocycles. The maximum absolute atomic E-state index is 13.0. The Hall–Kier alpha value is -1.79. The quantitative estimate of drug-likeness (QED) is 0.883. The summed E-state index contributed by atoms with van der Waals surface area (Å²) in [6, 6.07) is 6.05. The van der Waals surface area contributed by atoms with Crippen molar-refractivity contribution < 1.29 is 14.3 Å². The Morgan fingerprint density at radius 2 is 2.09 bits per heavy atom. The van der Waals surface area contributed by atoms with Gasteiger partial charge in [-0.1, -0.05) is 0 Å². The third-order valence-electron chi connectivity index (χ3n) is 4.30. The fourth-order valence-corrected chi connectivity index (χ4v) is 3.60. The molecule has 3 rings (SSSR count). The Morgan fingerprint density at radius 3 is 2.65 bits per heavy atom. The van der Waals surface area contributed by atoms with E-state index in [1.165, 1.54) is 23.5 Å². The van der Waals surface area contributed by atoms with E-state index in [9.17, 15) is 14.3 Å². The molecule has 1 heterocycles. The molecule has 0 bridgehead atoms. The van der Waals surface area contributed by atoms with Crippen LogP contribution in [0.1, 0.15) is 35.1 Å². The number of benzene rings is 1. The molecule has 0 aliphatic heterocycles. The lowest BCUT2D eigenvalue weighted by Gasteiger charge is -2.28. The van der Waals surface area contributed by atoms with Crippen LogP contribution < -0.4 is 5.32 Å². The first-order valence-electron chi connectivity index (χ1n) is 7.59. The van der Waals surface area contributed by atoms with Crippen molar-refractivity contribution in [1.29, 1.82) is 0 Å². The van der Waals surface area contributed by atoms with Crippen molar-refractivity contribution in [2.24, 2.45) is 5.92 Å². The number of hydrogen-bond donors (Lipinski definition) is 2. The lowest BCUT2D eigenvalue weighted by molar-refractivity contribution is 0.0828. The smallest absolute Gasteiger partial charge is 0.263 e. The van der Waals surface area contributed by atoms with E-state index in [1.54, 1.807) is 19.1 Å². The van der Waals surface area contributed by atoms with Gasteiger partial charge in [0.05, 0.1) is 17.8 Å². The number of aromatic nitrogens is 1. The van der Waals surface area contributed by atoms with Gasteiger partial charge < -0.3 is 10.4 Å². The fourth-order valence-electron chi connectivity index (χ4n) is 2.63. The van der Waals surface area contributed by atoms with Gasteiger partial charge in [0.25, 0.3) is 5.91 Å². The van der Waals surface area contributed by atoms with Crippen LogP contribution in [-0.2, 0) is 0 Å². The molecule has 1 atom stereocenters. The van der Waals surface area contributed by atoms with Gasteiger partial charge >= 0.3 is 0 Å². The first-order chi connectivity index (χ1) is 10.9. The fraction of sp³-hybridized carbons (Fsp3) is 0.412. The second kappa shape index (κ2) is 6.02. The zero-order chi connectivity index (χ0) is 16.6. The van der Waals surface area contributed by atoms with E-state index in [1.807, 2.05) is 6.92 Å². The number of carbonyl (C=O) groups excluding carboxylic acids is 1. The number of carbonyl (C=O) groups is 1. The third kappa shape index (κ3) is 3.28. The van der Waals surface area contributed by atoms with E-state index in [0.717, 1.165) is 18.4 Å². The molecule has 4 nitrogen and oxygen atoms in total. The highest BCUT2D eigenvalue weighted by molar-refractivity contribution is 7.17. The number of rotatable bonds is 5. The normalized spacial score (nSPS) is 16.9. The second-order valence-electron chi connectivity index (χ2n) is 6.24. The molecule has 1 saturated carbocycles. The van der Waals surface area contributed by atoms with Crippen LogP contribution in [0.25, 0.3) is 10.6 Å². The molecule has 1 fully saturated rings. The monoisotopic (exact) mass is 334 g/mol. The molecule has 1 aliphatic rings. The third-order valence-corrected chi connectivity index (χ3v) is 5.51. The highest BCUT2D eigenvalue weighted by atomic mass is 32.1. The number of amides is 1. The molecular weight excluding hydrogens is 315 g/mol. The van der Waals surface area contributed by atoms with E-state index in [4.69, 9.17) is 0 Å². The second-order valence-corrected chi connectivity index (χ2v) is 7.24. The van der Waals surface area contributed by atoms with Gasteiger partial charge in [-0.15, -0.1) is 11.3 Å². The minimum absolute atomic E-state index is 0.0773. The molecule has 1 unspecified atom stereocenters. The zero-order valence-electron chi connectivity index (χ0n) is 13.1. The molecule has 1 aromatic carbocycles. The van der Waals surface area contributed by atoms with Crippen LogP contribution in [0.2, 0.25) is 0 Å². The number of aliphatic hydroxyl groups is 1. The van der Waals surface area contributed by atoms with E-state index in [-0.39, 0.29) is 18.3 Å². The van der Waals surface area contributed by atoms with E-state index < -0.39 is 5.54 Å². The number of nitrogens with zero attached hydrogens (tertiary/aromatic N) is 1. The van der Waals surface area contributed by atoms with Crippen LogP contribution in [-0.4, -0.2) is 28.1 Å². The number of nitrogens with one attached hydrogen (secondary N) is 1. The molecule has 122 valence electrons. The van der Waals surface area contributed by atoms with Gasteiger partial charge in [0.15, 0.2) is 0 Å². The van der Waals surface area contributed by atoms with Gasteiger partial charge in [-0.2, -0.15) is 0 Å². The molecular formula is C17H19FN2O2S. The highest BCUT2D eigenvalue weighted by Gasteiger charge is 2.42. The molecule has 2 aromatic rings. The number of aryl methyl sites for hydroxylation is 1. The Balaban J connectivity index is 1.83. The highest BCUT2D eigenvalue weighted by Crippen LogP contribution is 2.39. The molecule has 1 amide bonds. The number of thiazole rings is 1. The average Bonchev–Trinajstić information content (AvgIpc) is 3.31. The Labute approximate surface area is 138 Å². The van der Waals surface area contributed by atoms with Crippen LogP contribution in [0, 0.1) is 18.7 Å². The van der Waals surface area contributed by atoms with Gasteiger partial charge in [0, 0.05) is 5.56 Å². The van der Waals surface area contributed by atoms with E-state index in [0.29, 0.717) is 21.5 Å². The molecule has 0 radical (unpaired) electrons. The van der Waals surface area contributed by atoms with Gasteiger partial charge in [0.2, 0.25) is 0 Å². The molecule has 23 heavy (non-hydrogen) atoms. The topological polar surface area (TPSA) is 62.2 Å². The maximum atomic E-state index is 13.0. The number of hydrogen-bond acceptors (Lipinski definition) is 4. The molecule has 6 heteroatoms. The summed E-state index contributed by atoms with van der Waals surface area (Å²) in [5.41, 5.74) is 0.845. The van der Waals surface area contributed by atoms with Gasteiger partial charge in [0.1, 0.15) is 15.7 Å². The van der Waals surface area contributed by atoms with Crippen molar-refractivity contribution in [1.82, 2.24) is 10.3 Å². The van der Waals surface area contributed by atoms with Gasteiger partial charge in [-0.3, -0.25) is 4.79 Å². The van der Waals surface area contributed by atoms with Crippen LogP contribution in [0.15, 0.2) is 24.3 Å². The summed E-state index contributed by atoms with van der Waals surface area (Å²) in [5, 5.41) is 13.3. The van der Waals surface area contributed by atoms with Crippen molar-refractivity contribution in [2.75, 3.05) is 6.61 Å². The van der Waals surface area contributed by atoms with Crippen LogP contribution in [0.5, 0.6) is 0 Å². The predicted molar refractivity (Wildman–Crippen MR) is 87.9 cm³/mol. The van der Waals surface area contributed by atoms with Crippen molar-refractivity contribution in [2.45, 2.75) is 32.2 Å². The molecule has 0 saturated heterocycles. The summed E-state index contributed by atoms with van der Waals surface area (Å²) in [6.45, 7) is 3.58. The van der Waals surface area contributed by atoms with Crippen LogP contribution >= 0.6 is 11.3 Å². The summed E-state index contributed by atoms with van der Waals surface area (Å²) in [4.78, 5) is 17.5. The SMILES string of the molecule is Cc1nc(-c2ccc(F)cc2)sc1C(=O)NC(C)(CO)C1CC1. The largest absolute Gasteiger partial charge is 0.394 e. The van der Waals surface area contributed by atoms with Crippen LogP contribution in [0.3, 0.4) is 0 Å². The van der Waals surface area contributed by atoms with E-state index >= 15 is 0 Å². The molecule has 1 aromatic heterocycles. The van der Waals surface area contributed by atoms with Gasteiger partial charge in [-0.25, -0.2) is 9.37 Å². The molecule has 0 spiro atoms. The lowest BCUT2D eigenvalue weighted by atomic mass is 9.97. The Kier molecular flexibility index (Phi) is 4.21. The lowest BCUT2D eigenvalue weighted by Crippen LogP contribution is -2.50.